The maximum atomic E-state index is 12.8. The number of aliphatic hydroxyl groups is 1. The van der Waals surface area contributed by atoms with Gasteiger partial charge in [0.05, 0.1) is 5.69 Å². The zero-order chi connectivity index (χ0) is 21.0. The van der Waals surface area contributed by atoms with Crippen LogP contribution in [0.25, 0.3) is 11.3 Å². The van der Waals surface area contributed by atoms with Crippen molar-refractivity contribution in [2.75, 3.05) is 37.6 Å². The fraction of sp³-hybridized carbons (Fsp3) is 0.545. The topological polar surface area (TPSA) is 94.5 Å². The Labute approximate surface area is 177 Å². The van der Waals surface area contributed by atoms with Crippen LogP contribution in [0.1, 0.15) is 32.6 Å². The number of pyridine rings is 1. The molecule has 1 atom stereocenters. The van der Waals surface area contributed by atoms with Crippen LogP contribution in [0.3, 0.4) is 0 Å². The zero-order valence-corrected chi connectivity index (χ0v) is 17.5. The predicted octanol–water partition coefficient (Wildman–Crippen LogP) is 1.47. The van der Waals surface area contributed by atoms with Gasteiger partial charge in [-0.25, -0.2) is 9.97 Å². The summed E-state index contributed by atoms with van der Waals surface area (Å²) in [6.07, 6.45) is 8.16. The van der Waals surface area contributed by atoms with E-state index < -0.39 is 5.60 Å². The molecule has 0 aromatic carbocycles. The molecule has 2 saturated heterocycles. The number of piperidine rings is 1. The first-order valence-corrected chi connectivity index (χ1v) is 10.8. The lowest BCUT2D eigenvalue weighted by atomic mass is 9.90. The lowest BCUT2D eigenvalue weighted by Gasteiger charge is -2.37. The summed E-state index contributed by atoms with van der Waals surface area (Å²) in [6, 6.07) is 5.71. The van der Waals surface area contributed by atoms with Gasteiger partial charge in [-0.3, -0.25) is 9.78 Å². The molecule has 4 rings (SSSR count). The molecule has 2 fully saturated rings. The Morgan fingerprint density at radius 2 is 2.10 bits per heavy atom. The fourth-order valence-electron chi connectivity index (χ4n) is 4.25. The number of aromatic nitrogens is 3. The molecule has 160 valence electrons. The van der Waals surface area contributed by atoms with Gasteiger partial charge in [-0.2, -0.15) is 0 Å². The van der Waals surface area contributed by atoms with Crippen LogP contribution in [0.5, 0.6) is 0 Å². The van der Waals surface area contributed by atoms with E-state index in [9.17, 15) is 9.90 Å². The molecule has 0 aliphatic carbocycles. The highest BCUT2D eigenvalue weighted by molar-refractivity contribution is 5.85. The molecule has 0 saturated carbocycles. The minimum Gasteiger partial charge on any atom is -0.380 e. The fourth-order valence-corrected chi connectivity index (χ4v) is 4.25. The molecule has 2 aliphatic rings. The first kappa shape index (κ1) is 20.7. The van der Waals surface area contributed by atoms with Gasteiger partial charge in [-0.15, -0.1) is 0 Å². The predicted molar refractivity (Wildman–Crippen MR) is 115 cm³/mol. The summed E-state index contributed by atoms with van der Waals surface area (Å²) in [4.78, 5) is 30.4. The van der Waals surface area contributed by atoms with E-state index in [4.69, 9.17) is 0 Å². The summed E-state index contributed by atoms with van der Waals surface area (Å²) in [5.41, 5.74) is 0.518. The number of nitrogens with one attached hydrogen (secondary N) is 1. The summed E-state index contributed by atoms with van der Waals surface area (Å²) in [5, 5.41) is 13.9. The molecule has 2 aliphatic heterocycles. The molecule has 1 unspecified atom stereocenters. The van der Waals surface area contributed by atoms with Gasteiger partial charge in [-0.1, -0.05) is 6.92 Å². The van der Waals surface area contributed by atoms with Gasteiger partial charge in [0.2, 0.25) is 5.95 Å². The molecule has 1 amide bonds. The number of likely N-dealkylation sites (tertiary alicyclic amines) is 1. The van der Waals surface area contributed by atoms with Crippen LogP contribution in [0, 0.1) is 0 Å². The summed E-state index contributed by atoms with van der Waals surface area (Å²) < 4.78 is 0. The molecule has 2 aromatic rings. The minimum atomic E-state index is -1.26. The molecule has 4 heterocycles. The summed E-state index contributed by atoms with van der Waals surface area (Å²) >= 11 is 0. The van der Waals surface area contributed by atoms with E-state index in [0.717, 1.165) is 50.3 Å². The monoisotopic (exact) mass is 410 g/mol. The van der Waals surface area contributed by atoms with Crippen molar-refractivity contribution in [3.8, 4) is 11.3 Å². The van der Waals surface area contributed by atoms with Crippen molar-refractivity contribution in [3.05, 3.63) is 36.8 Å². The van der Waals surface area contributed by atoms with E-state index in [-0.39, 0.29) is 11.9 Å². The van der Waals surface area contributed by atoms with Crippen molar-refractivity contribution in [2.45, 2.75) is 44.2 Å². The molecule has 8 heteroatoms. The van der Waals surface area contributed by atoms with Gasteiger partial charge in [0.1, 0.15) is 5.60 Å². The third-order valence-corrected chi connectivity index (χ3v) is 6.05. The third-order valence-electron chi connectivity index (χ3n) is 6.05. The number of carbonyl (C=O) groups is 1. The molecular formula is C22H30N6O2. The summed E-state index contributed by atoms with van der Waals surface area (Å²) in [7, 11) is 0. The Balaban J connectivity index is 1.34. The number of carbonyl (C=O) groups excluding carboxylic acids is 1. The molecule has 0 bridgehead atoms. The zero-order valence-electron chi connectivity index (χ0n) is 17.5. The normalized spacial score (nSPS) is 21.5. The smallest absolute Gasteiger partial charge is 0.252 e. The average molecular weight is 411 g/mol. The van der Waals surface area contributed by atoms with Crippen LogP contribution in [-0.4, -0.2) is 75.2 Å². The largest absolute Gasteiger partial charge is 0.380 e. The lowest BCUT2D eigenvalue weighted by molar-refractivity contribution is -0.145. The molecular weight excluding hydrogens is 380 g/mol. The maximum Gasteiger partial charge on any atom is 0.252 e. The van der Waals surface area contributed by atoms with Gasteiger partial charge < -0.3 is 20.2 Å². The Kier molecular flexibility index (Phi) is 6.24. The Morgan fingerprint density at radius 1 is 1.27 bits per heavy atom. The Morgan fingerprint density at radius 3 is 2.83 bits per heavy atom. The average Bonchev–Trinajstić information content (AvgIpc) is 3.25. The van der Waals surface area contributed by atoms with Crippen LogP contribution in [0.15, 0.2) is 36.8 Å². The molecule has 0 radical (unpaired) electrons. The highest BCUT2D eigenvalue weighted by atomic mass is 16.3. The molecule has 0 spiro atoms. The summed E-state index contributed by atoms with van der Waals surface area (Å²) in [5.74, 6) is 0.412. The highest BCUT2D eigenvalue weighted by Crippen LogP contribution is 2.25. The summed E-state index contributed by atoms with van der Waals surface area (Å²) in [6.45, 7) is 6.11. The molecule has 8 nitrogen and oxygen atoms in total. The van der Waals surface area contributed by atoms with E-state index >= 15 is 0 Å². The second-order valence-corrected chi connectivity index (χ2v) is 8.26. The third kappa shape index (κ3) is 4.60. The van der Waals surface area contributed by atoms with E-state index in [1.807, 2.05) is 18.2 Å². The van der Waals surface area contributed by atoms with Crippen LogP contribution in [0.2, 0.25) is 0 Å². The lowest BCUT2D eigenvalue weighted by Crippen LogP contribution is -2.56. The minimum absolute atomic E-state index is 0.0131. The van der Waals surface area contributed by atoms with Crippen molar-refractivity contribution in [3.63, 3.8) is 0 Å². The van der Waals surface area contributed by atoms with E-state index in [1.165, 1.54) is 0 Å². The number of hydrogen-bond acceptors (Lipinski definition) is 7. The second kappa shape index (κ2) is 9.06. The van der Waals surface area contributed by atoms with Crippen molar-refractivity contribution >= 4 is 11.9 Å². The van der Waals surface area contributed by atoms with Crippen LogP contribution in [-0.2, 0) is 4.79 Å². The molecule has 2 aromatic heterocycles. The van der Waals surface area contributed by atoms with Gasteiger partial charge in [0, 0.05) is 56.4 Å². The van der Waals surface area contributed by atoms with Crippen molar-refractivity contribution < 1.29 is 9.90 Å². The highest BCUT2D eigenvalue weighted by Gasteiger charge is 2.40. The van der Waals surface area contributed by atoms with Crippen LogP contribution >= 0.6 is 0 Å². The first-order valence-electron chi connectivity index (χ1n) is 10.8. The number of hydrogen-bond donors (Lipinski definition) is 2. The number of rotatable bonds is 6. The second-order valence-electron chi connectivity index (χ2n) is 8.26. The van der Waals surface area contributed by atoms with Gasteiger partial charge in [-0.05, 0) is 50.4 Å². The van der Waals surface area contributed by atoms with Crippen molar-refractivity contribution in [1.29, 1.82) is 0 Å². The van der Waals surface area contributed by atoms with Gasteiger partial charge in [0.25, 0.3) is 5.91 Å². The maximum absolute atomic E-state index is 12.8. The number of anilines is 1. The quantitative estimate of drug-likeness (QED) is 0.745. The van der Waals surface area contributed by atoms with Gasteiger partial charge >= 0.3 is 0 Å². The first-order chi connectivity index (χ1) is 14.6. The van der Waals surface area contributed by atoms with Crippen LogP contribution < -0.4 is 10.2 Å². The number of nitrogens with zero attached hydrogens (tertiary/aromatic N) is 5. The van der Waals surface area contributed by atoms with E-state index in [2.05, 4.69) is 37.0 Å². The van der Waals surface area contributed by atoms with Gasteiger partial charge in [0.15, 0.2) is 0 Å². The molecule has 2 N–H and O–H groups in total. The van der Waals surface area contributed by atoms with E-state index in [1.54, 1.807) is 18.6 Å². The SMILES string of the molecule is CCCN1CCC(O)(C(=O)NC2CCN(c3nccc(-c4cccnc4)n3)C2)CC1. The molecule has 30 heavy (non-hydrogen) atoms. The van der Waals surface area contributed by atoms with Crippen molar-refractivity contribution in [2.24, 2.45) is 0 Å². The Bertz CT molecular complexity index is 854. The Hall–Kier alpha value is -2.58. The standard InChI is InChI=1S/C22H30N6O2/c1-2-11-27-13-7-22(30,8-14-27)20(29)25-18-6-12-28(16-18)21-24-10-5-19(26-21)17-4-3-9-23-15-17/h3-5,9-10,15,18,30H,2,6-8,11-14,16H2,1H3,(H,25,29). The number of amides is 1. The van der Waals surface area contributed by atoms with E-state index in [0.29, 0.717) is 25.3 Å². The van der Waals surface area contributed by atoms with Crippen LogP contribution in [0.4, 0.5) is 5.95 Å². The van der Waals surface area contributed by atoms with Crippen molar-refractivity contribution in [1.82, 2.24) is 25.2 Å².